The van der Waals surface area contributed by atoms with Gasteiger partial charge in [-0.1, -0.05) is 0 Å². The van der Waals surface area contributed by atoms with Crippen LogP contribution in [0.4, 0.5) is 0 Å². The van der Waals surface area contributed by atoms with E-state index in [0.29, 0.717) is 19.3 Å². The maximum absolute atomic E-state index is 12.1. The topological polar surface area (TPSA) is 84.5 Å². The highest BCUT2D eigenvalue weighted by molar-refractivity contribution is 5.76. The molecule has 1 aromatic rings. The molecule has 7 heteroatoms. The van der Waals surface area contributed by atoms with Gasteiger partial charge in [0.05, 0.1) is 0 Å². The van der Waals surface area contributed by atoms with Crippen LogP contribution < -0.4 is 5.32 Å². The molecule has 0 spiro atoms. The van der Waals surface area contributed by atoms with Gasteiger partial charge < -0.3 is 9.88 Å². The number of carbonyl (C=O) groups excluding carboxylic acids is 1. The van der Waals surface area contributed by atoms with Crippen LogP contribution in [0.1, 0.15) is 43.8 Å². The Kier molecular flexibility index (Phi) is 3.92. The van der Waals surface area contributed by atoms with Gasteiger partial charge in [-0.15, -0.1) is 22.5 Å². The second-order valence-corrected chi connectivity index (χ2v) is 5.96. The summed E-state index contributed by atoms with van der Waals surface area (Å²) in [6.45, 7) is 2.81. The van der Waals surface area contributed by atoms with Crippen molar-refractivity contribution < 1.29 is 4.79 Å². The van der Waals surface area contributed by atoms with Gasteiger partial charge in [-0.2, -0.15) is 10.2 Å². The van der Waals surface area contributed by atoms with Gasteiger partial charge in [-0.3, -0.25) is 4.79 Å². The lowest BCUT2D eigenvalue weighted by atomic mass is 10.0. The number of nitrogens with one attached hydrogen (secondary N) is 1. The van der Waals surface area contributed by atoms with Gasteiger partial charge in [0.1, 0.15) is 11.6 Å². The monoisotopic (exact) mass is 300 g/mol. The van der Waals surface area contributed by atoms with E-state index < -0.39 is 0 Å². The number of aryl methyl sites for hydroxylation is 1. The molecule has 0 bridgehead atoms. The number of fused-ring (bicyclic) bond motifs is 1. The van der Waals surface area contributed by atoms with Crippen molar-refractivity contribution in [3.05, 3.63) is 11.6 Å². The molecule has 22 heavy (non-hydrogen) atoms. The molecule has 116 valence electrons. The van der Waals surface area contributed by atoms with Crippen LogP contribution in [-0.4, -0.2) is 32.4 Å². The van der Waals surface area contributed by atoms with E-state index in [1.54, 1.807) is 0 Å². The minimum Gasteiger partial charge on any atom is -0.353 e. The van der Waals surface area contributed by atoms with Crippen molar-refractivity contribution in [1.82, 2.24) is 20.1 Å². The summed E-state index contributed by atoms with van der Waals surface area (Å²) in [4.78, 5) is 12.1. The van der Waals surface area contributed by atoms with Crippen molar-refractivity contribution in [1.29, 1.82) is 0 Å². The highest BCUT2D eigenvalue weighted by Gasteiger charge is 2.39. The smallest absolute Gasteiger partial charge is 0.220 e. The average Bonchev–Trinajstić information content (AvgIpc) is 3.20. The molecule has 7 nitrogen and oxygen atoms in total. The summed E-state index contributed by atoms with van der Waals surface area (Å²) >= 11 is 0. The van der Waals surface area contributed by atoms with Crippen molar-refractivity contribution in [3.63, 3.8) is 0 Å². The third-order valence-electron chi connectivity index (χ3n) is 4.31. The lowest BCUT2D eigenvalue weighted by molar-refractivity contribution is -0.122. The number of aromatic nitrogens is 3. The van der Waals surface area contributed by atoms with Gasteiger partial charge in [0.15, 0.2) is 5.66 Å². The third kappa shape index (κ3) is 3.16. The Bertz CT molecular complexity index is 635. The molecule has 0 aliphatic carbocycles. The number of hydrogen-bond donors (Lipinski definition) is 1. The van der Waals surface area contributed by atoms with Crippen LogP contribution in [0.3, 0.4) is 0 Å². The van der Waals surface area contributed by atoms with E-state index in [9.17, 15) is 4.79 Å². The molecule has 1 atom stereocenters. The standard InChI is InChI=1S/C15H20N6O/c1-3-4-7-15(19-20-15)8-5-14(22)16-12-6-9-21-11(2)17-18-13(21)10-12/h1,12H,4-10H2,2H3,(H,16,22). The Morgan fingerprint density at radius 1 is 1.45 bits per heavy atom. The highest BCUT2D eigenvalue weighted by atomic mass is 16.1. The van der Waals surface area contributed by atoms with E-state index >= 15 is 0 Å². The maximum Gasteiger partial charge on any atom is 0.220 e. The average molecular weight is 300 g/mol. The SMILES string of the molecule is C#CCCC1(CCC(=O)NC2CCn3c(C)nnc3C2)N=N1. The van der Waals surface area contributed by atoms with E-state index in [0.717, 1.165) is 37.5 Å². The lowest BCUT2D eigenvalue weighted by Crippen LogP contribution is -2.40. The van der Waals surface area contributed by atoms with E-state index in [4.69, 9.17) is 6.42 Å². The van der Waals surface area contributed by atoms with Gasteiger partial charge in [-0.25, -0.2) is 0 Å². The van der Waals surface area contributed by atoms with E-state index in [-0.39, 0.29) is 17.6 Å². The van der Waals surface area contributed by atoms with Crippen LogP contribution in [0.2, 0.25) is 0 Å². The molecule has 1 aromatic heterocycles. The minimum absolute atomic E-state index is 0.0482. The fourth-order valence-electron chi connectivity index (χ4n) is 2.88. The van der Waals surface area contributed by atoms with Crippen LogP contribution in [0, 0.1) is 19.3 Å². The van der Waals surface area contributed by atoms with Crippen LogP contribution in [-0.2, 0) is 17.8 Å². The summed E-state index contributed by atoms with van der Waals surface area (Å²) in [7, 11) is 0. The van der Waals surface area contributed by atoms with Gasteiger partial charge in [0, 0.05) is 44.7 Å². The predicted octanol–water partition coefficient (Wildman–Crippen LogP) is 1.37. The molecular weight excluding hydrogens is 280 g/mol. The Balaban J connectivity index is 1.44. The van der Waals surface area contributed by atoms with Gasteiger partial charge in [0.25, 0.3) is 0 Å². The normalized spacial score (nSPS) is 21.0. The fraction of sp³-hybridized carbons (Fsp3) is 0.667. The number of rotatable bonds is 6. The van der Waals surface area contributed by atoms with Crippen LogP contribution in [0.15, 0.2) is 10.2 Å². The predicted molar refractivity (Wildman–Crippen MR) is 79.9 cm³/mol. The summed E-state index contributed by atoms with van der Waals surface area (Å²) < 4.78 is 2.11. The quantitative estimate of drug-likeness (QED) is 0.805. The summed E-state index contributed by atoms with van der Waals surface area (Å²) in [5.41, 5.74) is -0.381. The molecule has 0 saturated heterocycles. The minimum atomic E-state index is -0.381. The first-order valence-electron chi connectivity index (χ1n) is 7.67. The second kappa shape index (κ2) is 5.87. The fourth-order valence-corrected chi connectivity index (χ4v) is 2.88. The van der Waals surface area contributed by atoms with Crippen molar-refractivity contribution >= 4 is 5.91 Å². The van der Waals surface area contributed by atoms with Gasteiger partial charge in [0.2, 0.25) is 5.91 Å². The molecule has 0 saturated carbocycles. The number of carbonyl (C=O) groups is 1. The largest absolute Gasteiger partial charge is 0.353 e. The van der Waals surface area contributed by atoms with Gasteiger partial charge >= 0.3 is 0 Å². The van der Waals surface area contributed by atoms with E-state index in [2.05, 4.69) is 36.2 Å². The Hall–Kier alpha value is -2.23. The molecule has 1 N–H and O–H groups in total. The Morgan fingerprint density at radius 3 is 3.00 bits per heavy atom. The number of amides is 1. The molecule has 0 aromatic carbocycles. The van der Waals surface area contributed by atoms with E-state index in [1.807, 2.05) is 6.92 Å². The molecule has 2 aliphatic rings. The van der Waals surface area contributed by atoms with Crippen molar-refractivity contribution in [2.45, 2.75) is 63.7 Å². The zero-order valence-corrected chi connectivity index (χ0v) is 12.7. The molecule has 3 rings (SSSR count). The lowest BCUT2D eigenvalue weighted by Gasteiger charge is -2.24. The Morgan fingerprint density at radius 2 is 2.27 bits per heavy atom. The molecule has 3 heterocycles. The second-order valence-electron chi connectivity index (χ2n) is 5.96. The van der Waals surface area contributed by atoms with Crippen molar-refractivity contribution in [2.24, 2.45) is 10.2 Å². The maximum atomic E-state index is 12.1. The molecule has 0 radical (unpaired) electrons. The van der Waals surface area contributed by atoms with E-state index in [1.165, 1.54) is 0 Å². The summed E-state index contributed by atoms with van der Waals surface area (Å²) in [5, 5.41) is 19.4. The molecule has 2 aliphatic heterocycles. The third-order valence-corrected chi connectivity index (χ3v) is 4.31. The number of terminal acetylenes is 1. The molecule has 1 unspecified atom stereocenters. The highest BCUT2D eigenvalue weighted by Crippen LogP contribution is 2.37. The molecule has 0 fully saturated rings. The van der Waals surface area contributed by atoms with Crippen LogP contribution in [0.5, 0.6) is 0 Å². The zero-order valence-electron chi connectivity index (χ0n) is 12.7. The Labute approximate surface area is 129 Å². The first-order valence-corrected chi connectivity index (χ1v) is 7.67. The first kappa shape index (κ1) is 14.7. The van der Waals surface area contributed by atoms with Crippen molar-refractivity contribution in [2.75, 3.05) is 0 Å². The van der Waals surface area contributed by atoms with Crippen LogP contribution >= 0.6 is 0 Å². The first-order chi connectivity index (χ1) is 10.6. The summed E-state index contributed by atoms with van der Waals surface area (Å²) in [6, 6.07) is 0.137. The number of hydrogen-bond acceptors (Lipinski definition) is 5. The summed E-state index contributed by atoms with van der Waals surface area (Å²) in [5.74, 6) is 4.53. The number of nitrogens with zero attached hydrogens (tertiary/aromatic N) is 5. The molecular formula is C15H20N6O. The van der Waals surface area contributed by atoms with Gasteiger partial charge in [-0.05, 0) is 13.3 Å². The summed E-state index contributed by atoms with van der Waals surface area (Å²) in [6.07, 6.45) is 9.36. The zero-order chi connectivity index (χ0) is 15.6. The molecule has 1 amide bonds. The van der Waals surface area contributed by atoms with Crippen molar-refractivity contribution in [3.8, 4) is 12.3 Å². The van der Waals surface area contributed by atoms with Crippen LogP contribution in [0.25, 0.3) is 0 Å².